The smallest absolute Gasteiger partial charge is 0.339 e. The summed E-state index contributed by atoms with van der Waals surface area (Å²) in [6, 6.07) is 1.62. The monoisotopic (exact) mass is 220 g/mol. The molecule has 6 nitrogen and oxygen atoms in total. The first-order valence-corrected chi connectivity index (χ1v) is 4.91. The number of ether oxygens (including phenoxy) is 1. The highest BCUT2D eigenvalue weighted by molar-refractivity contribution is 5.92. The maximum absolute atomic E-state index is 11.5. The molecule has 2 aromatic heterocycles. The molecule has 2 aromatic rings. The molecular formula is C10H12N4O2. The minimum atomic E-state index is -0.384. The highest BCUT2D eigenvalue weighted by Gasteiger charge is 2.12. The molecule has 0 aromatic carbocycles. The van der Waals surface area contributed by atoms with Gasteiger partial charge >= 0.3 is 5.97 Å². The van der Waals surface area contributed by atoms with E-state index in [1.54, 1.807) is 26.1 Å². The fourth-order valence-corrected chi connectivity index (χ4v) is 1.46. The van der Waals surface area contributed by atoms with Gasteiger partial charge in [-0.2, -0.15) is 5.10 Å². The zero-order chi connectivity index (χ0) is 11.7. The summed E-state index contributed by atoms with van der Waals surface area (Å²) in [7, 11) is 0. The van der Waals surface area contributed by atoms with Gasteiger partial charge in [0.15, 0.2) is 5.82 Å². The van der Waals surface area contributed by atoms with E-state index < -0.39 is 0 Å². The van der Waals surface area contributed by atoms with Crippen molar-refractivity contribution in [3.63, 3.8) is 0 Å². The van der Waals surface area contributed by atoms with Crippen LogP contribution >= 0.6 is 0 Å². The van der Waals surface area contributed by atoms with Crippen LogP contribution in [0.3, 0.4) is 0 Å². The molecule has 0 aliphatic heterocycles. The first kappa shape index (κ1) is 10.4. The van der Waals surface area contributed by atoms with Gasteiger partial charge in [-0.05, 0) is 19.9 Å². The minimum Gasteiger partial charge on any atom is -0.462 e. The van der Waals surface area contributed by atoms with Gasteiger partial charge in [0.1, 0.15) is 11.3 Å². The van der Waals surface area contributed by atoms with Gasteiger partial charge in [0.25, 0.3) is 0 Å². The molecule has 2 heterocycles. The Morgan fingerprint density at radius 2 is 2.38 bits per heavy atom. The zero-order valence-electron chi connectivity index (χ0n) is 9.10. The molecule has 16 heavy (non-hydrogen) atoms. The summed E-state index contributed by atoms with van der Waals surface area (Å²) in [6.07, 6.45) is 1.58. The average molecular weight is 220 g/mol. The Kier molecular flexibility index (Phi) is 2.47. The van der Waals surface area contributed by atoms with Crippen LogP contribution in [-0.2, 0) is 4.74 Å². The van der Waals surface area contributed by atoms with Gasteiger partial charge in [0.2, 0.25) is 0 Å². The minimum absolute atomic E-state index is 0.339. The first-order valence-electron chi connectivity index (χ1n) is 4.91. The maximum Gasteiger partial charge on any atom is 0.339 e. The lowest BCUT2D eigenvalue weighted by atomic mass is 10.3. The van der Waals surface area contributed by atoms with Crippen molar-refractivity contribution in [2.45, 2.75) is 13.8 Å². The van der Waals surface area contributed by atoms with E-state index in [-0.39, 0.29) is 5.97 Å². The number of nitrogen functional groups attached to an aromatic ring is 1. The van der Waals surface area contributed by atoms with E-state index >= 15 is 0 Å². The summed E-state index contributed by atoms with van der Waals surface area (Å²) < 4.78 is 6.42. The van der Waals surface area contributed by atoms with Gasteiger partial charge < -0.3 is 10.5 Å². The molecular weight excluding hydrogens is 208 g/mol. The number of carbonyl (C=O) groups is 1. The molecule has 0 aliphatic carbocycles. The average Bonchev–Trinajstić information content (AvgIpc) is 2.62. The van der Waals surface area contributed by atoms with Crippen molar-refractivity contribution in [3.05, 3.63) is 23.7 Å². The van der Waals surface area contributed by atoms with E-state index in [1.807, 2.05) is 0 Å². The van der Waals surface area contributed by atoms with Gasteiger partial charge in [0.05, 0.1) is 12.2 Å². The van der Waals surface area contributed by atoms with Crippen LogP contribution in [0.5, 0.6) is 0 Å². The number of aromatic nitrogens is 3. The van der Waals surface area contributed by atoms with Crippen LogP contribution in [-0.4, -0.2) is 27.2 Å². The van der Waals surface area contributed by atoms with Crippen molar-refractivity contribution in [2.75, 3.05) is 12.3 Å². The number of anilines is 1. The lowest BCUT2D eigenvalue weighted by Gasteiger charge is -1.97. The van der Waals surface area contributed by atoms with Crippen molar-refractivity contribution in [1.29, 1.82) is 0 Å². The van der Waals surface area contributed by atoms with Crippen LogP contribution < -0.4 is 5.73 Å². The number of aryl methyl sites for hydroxylation is 1. The van der Waals surface area contributed by atoms with Crippen molar-refractivity contribution in [3.8, 4) is 0 Å². The molecule has 0 fully saturated rings. The molecule has 84 valence electrons. The molecule has 0 radical (unpaired) electrons. The topological polar surface area (TPSA) is 82.5 Å². The third kappa shape index (κ3) is 1.69. The zero-order valence-corrected chi connectivity index (χ0v) is 9.10. The number of fused-ring (bicyclic) bond motifs is 1. The Morgan fingerprint density at radius 3 is 3.06 bits per heavy atom. The predicted molar refractivity (Wildman–Crippen MR) is 58.1 cm³/mol. The Labute approximate surface area is 92.0 Å². The summed E-state index contributed by atoms with van der Waals surface area (Å²) >= 11 is 0. The normalized spacial score (nSPS) is 10.6. The van der Waals surface area contributed by atoms with Gasteiger partial charge in [-0.3, -0.25) is 0 Å². The van der Waals surface area contributed by atoms with Crippen LogP contribution in [0.15, 0.2) is 12.3 Å². The standard InChI is InChI=1S/C10H12N4O2/c1-3-16-10(15)7-4-8-9(11)12-6(2)13-14(8)5-7/h4-5H,3H2,1-2H3,(H2,11,12,13). The highest BCUT2D eigenvalue weighted by atomic mass is 16.5. The quantitative estimate of drug-likeness (QED) is 0.757. The van der Waals surface area contributed by atoms with Crippen molar-refractivity contribution >= 4 is 17.3 Å². The Bertz CT molecular complexity index is 547. The van der Waals surface area contributed by atoms with Crippen LogP contribution in [0.25, 0.3) is 5.52 Å². The summed E-state index contributed by atoms with van der Waals surface area (Å²) in [4.78, 5) is 15.5. The fraction of sp³-hybridized carbons (Fsp3) is 0.300. The molecule has 0 amide bonds. The number of hydrogen-bond donors (Lipinski definition) is 1. The van der Waals surface area contributed by atoms with E-state index in [9.17, 15) is 4.79 Å². The molecule has 0 spiro atoms. The Balaban J connectivity index is 2.51. The van der Waals surface area contributed by atoms with Crippen LogP contribution in [0, 0.1) is 6.92 Å². The third-order valence-corrected chi connectivity index (χ3v) is 2.11. The van der Waals surface area contributed by atoms with Gasteiger partial charge in [-0.15, -0.1) is 0 Å². The van der Waals surface area contributed by atoms with Gasteiger partial charge in [-0.1, -0.05) is 0 Å². The number of nitrogens with zero attached hydrogens (tertiary/aromatic N) is 3. The molecule has 6 heteroatoms. The van der Waals surface area contributed by atoms with E-state index in [1.165, 1.54) is 4.52 Å². The Hall–Kier alpha value is -2.11. The summed E-state index contributed by atoms with van der Waals surface area (Å²) in [5.74, 6) is 0.518. The summed E-state index contributed by atoms with van der Waals surface area (Å²) in [5, 5.41) is 4.12. The largest absolute Gasteiger partial charge is 0.462 e. The second kappa shape index (κ2) is 3.80. The number of rotatable bonds is 2. The lowest BCUT2D eigenvalue weighted by molar-refractivity contribution is 0.0526. The number of hydrogen-bond acceptors (Lipinski definition) is 5. The first-order chi connectivity index (χ1) is 7.61. The second-order valence-electron chi connectivity index (χ2n) is 3.32. The molecule has 2 rings (SSSR count). The molecule has 0 bridgehead atoms. The van der Waals surface area contributed by atoms with E-state index in [0.29, 0.717) is 29.3 Å². The van der Waals surface area contributed by atoms with Crippen LogP contribution in [0.2, 0.25) is 0 Å². The second-order valence-corrected chi connectivity index (χ2v) is 3.32. The van der Waals surface area contributed by atoms with E-state index in [0.717, 1.165) is 0 Å². The summed E-state index contributed by atoms with van der Waals surface area (Å²) in [6.45, 7) is 3.83. The third-order valence-electron chi connectivity index (χ3n) is 2.11. The predicted octanol–water partition coefficient (Wildman–Crippen LogP) is 0.797. The van der Waals surface area contributed by atoms with Gasteiger partial charge in [0, 0.05) is 6.20 Å². The molecule has 0 saturated heterocycles. The molecule has 2 N–H and O–H groups in total. The highest BCUT2D eigenvalue weighted by Crippen LogP contribution is 2.14. The number of esters is 1. The van der Waals surface area contributed by atoms with Crippen molar-refractivity contribution in [2.24, 2.45) is 0 Å². The van der Waals surface area contributed by atoms with Crippen molar-refractivity contribution < 1.29 is 9.53 Å². The van der Waals surface area contributed by atoms with Crippen LogP contribution in [0.1, 0.15) is 23.1 Å². The van der Waals surface area contributed by atoms with E-state index in [2.05, 4.69) is 10.1 Å². The molecule has 0 atom stereocenters. The van der Waals surface area contributed by atoms with Crippen LogP contribution in [0.4, 0.5) is 5.82 Å². The maximum atomic E-state index is 11.5. The molecule has 0 unspecified atom stereocenters. The Morgan fingerprint density at radius 1 is 1.62 bits per heavy atom. The fourth-order valence-electron chi connectivity index (χ4n) is 1.46. The molecule has 0 aliphatic rings. The molecule has 0 saturated carbocycles. The van der Waals surface area contributed by atoms with E-state index in [4.69, 9.17) is 10.5 Å². The number of carbonyl (C=O) groups excluding carboxylic acids is 1. The number of nitrogens with two attached hydrogens (primary N) is 1. The SMILES string of the molecule is CCOC(=O)c1cc2c(N)nc(C)nn2c1. The van der Waals surface area contributed by atoms with Crippen molar-refractivity contribution in [1.82, 2.24) is 14.6 Å². The van der Waals surface area contributed by atoms with Gasteiger partial charge in [-0.25, -0.2) is 14.3 Å². The summed E-state index contributed by atoms with van der Waals surface area (Å²) in [5.41, 5.74) is 6.75. The lowest BCUT2D eigenvalue weighted by Crippen LogP contribution is -2.03.